The molecule has 1 fully saturated rings. The molecule has 162 valence electrons. The second kappa shape index (κ2) is 8.98. The number of nitrogen functional groups attached to an aromatic ring is 1. The van der Waals surface area contributed by atoms with E-state index < -0.39 is 5.60 Å². The molecule has 4 heterocycles. The fraction of sp³-hybridized carbons (Fsp3) is 0.579. The first-order chi connectivity index (χ1) is 14.5. The molecule has 0 radical (unpaired) electrons. The van der Waals surface area contributed by atoms with Crippen molar-refractivity contribution in [1.82, 2.24) is 19.9 Å². The van der Waals surface area contributed by atoms with Gasteiger partial charge >= 0.3 is 0 Å². The lowest BCUT2D eigenvalue weighted by atomic mass is 9.97. The van der Waals surface area contributed by atoms with Gasteiger partial charge in [-0.2, -0.15) is 0 Å². The smallest absolute Gasteiger partial charge is 0.219 e. The molecule has 11 heteroatoms. The molecule has 0 amide bonds. The maximum Gasteiger partial charge on any atom is 0.219 e. The number of methoxy groups -OCH3 is 2. The Morgan fingerprint density at radius 2 is 1.87 bits per heavy atom. The van der Waals surface area contributed by atoms with Gasteiger partial charge in [-0.3, -0.25) is 0 Å². The van der Waals surface area contributed by atoms with E-state index in [2.05, 4.69) is 14.9 Å². The van der Waals surface area contributed by atoms with Gasteiger partial charge in [0.05, 0.1) is 42.6 Å². The Kier molecular flexibility index (Phi) is 6.34. The van der Waals surface area contributed by atoms with Crippen molar-refractivity contribution in [3.8, 4) is 11.4 Å². The standard InChI is InChI=1S/C19H26N6O4S/c1-27-10-19(26,11-28-2)14-7-13-15(30-14)17(25-3-5-29-6-4-25)24-16(23-13)12-8-21-18(20)22-9-12/h8-9,14,26H,3-7,10-11H2,1-2H3,(H2,20,21,22). The summed E-state index contributed by atoms with van der Waals surface area (Å²) in [5.41, 5.74) is 6.07. The van der Waals surface area contributed by atoms with Gasteiger partial charge in [0.2, 0.25) is 5.95 Å². The molecule has 0 aliphatic carbocycles. The summed E-state index contributed by atoms with van der Waals surface area (Å²) in [6.07, 6.45) is 3.82. The molecule has 2 aliphatic rings. The fourth-order valence-corrected chi connectivity index (χ4v) is 5.13. The predicted molar refractivity (Wildman–Crippen MR) is 113 cm³/mol. The van der Waals surface area contributed by atoms with E-state index in [4.69, 9.17) is 29.9 Å². The maximum absolute atomic E-state index is 11.2. The molecule has 2 aromatic heterocycles. The van der Waals surface area contributed by atoms with Crippen molar-refractivity contribution >= 4 is 23.5 Å². The first-order valence-electron chi connectivity index (χ1n) is 9.72. The van der Waals surface area contributed by atoms with Crippen LogP contribution in [-0.4, -0.2) is 89.6 Å². The van der Waals surface area contributed by atoms with Crippen LogP contribution < -0.4 is 10.6 Å². The molecule has 0 saturated carbocycles. The topological polar surface area (TPSA) is 129 Å². The van der Waals surface area contributed by atoms with E-state index in [9.17, 15) is 5.11 Å². The van der Waals surface area contributed by atoms with Gasteiger partial charge in [0.25, 0.3) is 0 Å². The Labute approximate surface area is 179 Å². The number of morpholine rings is 1. The van der Waals surface area contributed by atoms with Crippen LogP contribution >= 0.6 is 11.8 Å². The Morgan fingerprint density at radius 1 is 1.20 bits per heavy atom. The summed E-state index contributed by atoms with van der Waals surface area (Å²) < 4.78 is 16.1. The minimum absolute atomic E-state index is 0.167. The van der Waals surface area contributed by atoms with Gasteiger partial charge in [-0.05, 0) is 0 Å². The van der Waals surface area contributed by atoms with Gasteiger partial charge in [-0.15, -0.1) is 11.8 Å². The zero-order valence-corrected chi connectivity index (χ0v) is 17.9. The normalized spacial score (nSPS) is 19.2. The Morgan fingerprint density at radius 3 is 2.50 bits per heavy atom. The molecule has 1 saturated heterocycles. The molecule has 2 aliphatic heterocycles. The Balaban J connectivity index is 1.73. The highest BCUT2D eigenvalue weighted by molar-refractivity contribution is 8.00. The van der Waals surface area contributed by atoms with Gasteiger partial charge in [0.15, 0.2) is 5.82 Å². The number of thioether (sulfide) groups is 1. The van der Waals surface area contributed by atoms with Crippen LogP contribution in [0.4, 0.5) is 11.8 Å². The zero-order chi connectivity index (χ0) is 21.1. The summed E-state index contributed by atoms with van der Waals surface area (Å²) in [4.78, 5) is 21.0. The lowest BCUT2D eigenvalue weighted by Gasteiger charge is -2.32. The number of fused-ring (bicyclic) bond motifs is 1. The number of hydrogen-bond donors (Lipinski definition) is 2. The molecule has 3 N–H and O–H groups in total. The van der Waals surface area contributed by atoms with Crippen molar-refractivity contribution in [3.63, 3.8) is 0 Å². The third-order valence-corrected chi connectivity index (χ3v) is 6.73. The van der Waals surface area contributed by atoms with Gasteiger partial charge in [-0.1, -0.05) is 0 Å². The third kappa shape index (κ3) is 4.21. The van der Waals surface area contributed by atoms with Crippen LogP contribution in [0.1, 0.15) is 5.69 Å². The molecule has 2 aromatic rings. The molecule has 0 aromatic carbocycles. The van der Waals surface area contributed by atoms with E-state index in [1.807, 2.05) is 0 Å². The number of anilines is 2. The van der Waals surface area contributed by atoms with Crippen LogP contribution in [-0.2, 0) is 20.6 Å². The summed E-state index contributed by atoms with van der Waals surface area (Å²) >= 11 is 1.58. The second-order valence-corrected chi connectivity index (χ2v) is 8.57. The minimum Gasteiger partial charge on any atom is -0.384 e. The molecule has 1 unspecified atom stereocenters. The van der Waals surface area contributed by atoms with E-state index in [1.54, 1.807) is 38.4 Å². The van der Waals surface area contributed by atoms with Crippen LogP contribution in [0.15, 0.2) is 17.3 Å². The lowest BCUT2D eigenvalue weighted by Crippen LogP contribution is -2.48. The number of aliphatic hydroxyl groups is 1. The van der Waals surface area contributed by atoms with Crippen LogP contribution in [0.5, 0.6) is 0 Å². The largest absolute Gasteiger partial charge is 0.384 e. The number of nitrogens with two attached hydrogens (primary N) is 1. The fourth-order valence-electron chi connectivity index (χ4n) is 3.70. The maximum atomic E-state index is 11.2. The van der Waals surface area contributed by atoms with Crippen molar-refractivity contribution in [2.24, 2.45) is 0 Å². The first-order valence-corrected chi connectivity index (χ1v) is 10.6. The summed E-state index contributed by atoms with van der Waals surface area (Å²) in [7, 11) is 3.15. The lowest BCUT2D eigenvalue weighted by molar-refractivity contribution is -0.0771. The molecular weight excluding hydrogens is 408 g/mol. The highest BCUT2D eigenvalue weighted by Crippen LogP contribution is 2.46. The van der Waals surface area contributed by atoms with E-state index in [0.717, 1.165) is 29.5 Å². The molecule has 0 spiro atoms. The van der Waals surface area contributed by atoms with Gasteiger partial charge in [0.1, 0.15) is 11.4 Å². The SMILES string of the molecule is COCC(O)(COC)C1Cc2nc(-c3cnc(N)nc3)nc(N3CCOCC3)c2S1. The van der Waals surface area contributed by atoms with Crippen LogP contribution in [0.2, 0.25) is 0 Å². The van der Waals surface area contributed by atoms with Crippen molar-refractivity contribution in [3.05, 3.63) is 18.1 Å². The van der Waals surface area contributed by atoms with Gasteiger partial charge in [-0.25, -0.2) is 19.9 Å². The predicted octanol–water partition coefficient (Wildman–Crippen LogP) is 0.393. The van der Waals surface area contributed by atoms with Crippen molar-refractivity contribution in [2.75, 3.05) is 64.4 Å². The molecule has 30 heavy (non-hydrogen) atoms. The summed E-state index contributed by atoms with van der Waals surface area (Å²) in [6, 6.07) is 0. The van der Waals surface area contributed by atoms with Crippen molar-refractivity contribution in [2.45, 2.75) is 22.2 Å². The van der Waals surface area contributed by atoms with Crippen molar-refractivity contribution < 1.29 is 19.3 Å². The van der Waals surface area contributed by atoms with E-state index in [1.165, 1.54) is 0 Å². The molecular formula is C19H26N6O4S. The molecule has 0 bridgehead atoms. The molecule has 4 rings (SSSR count). The highest BCUT2D eigenvalue weighted by Gasteiger charge is 2.44. The Bertz CT molecular complexity index is 872. The summed E-state index contributed by atoms with van der Waals surface area (Å²) in [5.74, 6) is 1.59. The van der Waals surface area contributed by atoms with E-state index in [-0.39, 0.29) is 24.4 Å². The minimum atomic E-state index is -1.14. The third-order valence-electron chi connectivity index (χ3n) is 5.19. The zero-order valence-electron chi connectivity index (χ0n) is 17.1. The summed E-state index contributed by atoms with van der Waals surface area (Å²) in [6.45, 7) is 3.12. The number of ether oxygens (including phenoxy) is 3. The average Bonchev–Trinajstić information content (AvgIpc) is 3.20. The van der Waals surface area contributed by atoms with E-state index in [0.29, 0.717) is 31.0 Å². The Hall–Kier alpha value is -2.05. The van der Waals surface area contributed by atoms with Crippen LogP contribution in [0.3, 0.4) is 0 Å². The summed E-state index contributed by atoms with van der Waals surface area (Å²) in [5, 5.41) is 11.0. The molecule has 1 atom stereocenters. The van der Waals surface area contributed by atoms with E-state index >= 15 is 0 Å². The van der Waals surface area contributed by atoms with Gasteiger partial charge in [0, 0.05) is 51.4 Å². The van der Waals surface area contributed by atoms with Crippen LogP contribution in [0, 0.1) is 0 Å². The number of hydrogen-bond acceptors (Lipinski definition) is 11. The second-order valence-electron chi connectivity index (χ2n) is 7.36. The van der Waals surface area contributed by atoms with Gasteiger partial charge < -0.3 is 30.0 Å². The monoisotopic (exact) mass is 434 g/mol. The van der Waals surface area contributed by atoms with Crippen LogP contribution in [0.25, 0.3) is 11.4 Å². The number of aromatic nitrogens is 4. The highest BCUT2D eigenvalue weighted by atomic mass is 32.2. The first kappa shape index (κ1) is 21.2. The van der Waals surface area contributed by atoms with Crippen molar-refractivity contribution in [1.29, 1.82) is 0 Å². The average molecular weight is 435 g/mol. The quantitative estimate of drug-likeness (QED) is 0.628. The number of rotatable bonds is 7. The number of nitrogens with zero attached hydrogens (tertiary/aromatic N) is 5. The molecule has 10 nitrogen and oxygen atoms in total.